The first-order chi connectivity index (χ1) is 13.5. The Morgan fingerprint density at radius 1 is 1.11 bits per heavy atom. The molecule has 1 unspecified atom stereocenters. The fourth-order valence-electron chi connectivity index (χ4n) is 3.66. The number of alkyl halides is 3. The van der Waals surface area contributed by atoms with E-state index in [0.29, 0.717) is 25.5 Å². The Balaban J connectivity index is 1.53. The van der Waals surface area contributed by atoms with E-state index in [2.05, 4.69) is 19.5 Å². The quantitative estimate of drug-likeness (QED) is 0.676. The Bertz CT molecular complexity index is 923. The largest absolute Gasteiger partial charge is 0.433 e. The van der Waals surface area contributed by atoms with Gasteiger partial charge >= 0.3 is 6.18 Å². The number of hydrogen-bond acceptors (Lipinski definition) is 4. The lowest BCUT2D eigenvalue weighted by molar-refractivity contribution is -0.141. The second kappa shape index (κ2) is 7.61. The minimum absolute atomic E-state index is 0.136. The highest BCUT2D eigenvalue weighted by molar-refractivity contribution is 5.41. The first kappa shape index (κ1) is 18.5. The summed E-state index contributed by atoms with van der Waals surface area (Å²) in [5, 5.41) is 0. The number of piperidine rings is 1. The third-order valence-electron chi connectivity index (χ3n) is 4.96. The van der Waals surface area contributed by atoms with Gasteiger partial charge in [0.15, 0.2) is 0 Å². The summed E-state index contributed by atoms with van der Waals surface area (Å²) in [4.78, 5) is 14.4. The van der Waals surface area contributed by atoms with Crippen LogP contribution in [0.2, 0.25) is 0 Å². The summed E-state index contributed by atoms with van der Waals surface area (Å²) in [6.45, 7) is 1.95. The highest BCUT2D eigenvalue weighted by atomic mass is 19.4. The van der Waals surface area contributed by atoms with E-state index >= 15 is 0 Å². The molecule has 1 aliphatic heterocycles. The van der Waals surface area contributed by atoms with Gasteiger partial charge in [-0.1, -0.05) is 12.1 Å². The summed E-state index contributed by atoms with van der Waals surface area (Å²) >= 11 is 0. The zero-order valence-corrected chi connectivity index (χ0v) is 15.2. The molecule has 0 amide bonds. The van der Waals surface area contributed by atoms with Crippen molar-refractivity contribution in [1.29, 1.82) is 0 Å². The molecule has 1 aliphatic rings. The second-order valence-electron chi connectivity index (χ2n) is 6.94. The van der Waals surface area contributed by atoms with Gasteiger partial charge in [-0.25, -0.2) is 9.97 Å². The molecule has 146 valence electrons. The van der Waals surface area contributed by atoms with Gasteiger partial charge in [0, 0.05) is 43.8 Å². The topological polar surface area (TPSA) is 46.8 Å². The van der Waals surface area contributed by atoms with Crippen LogP contribution in [0.5, 0.6) is 0 Å². The smallest absolute Gasteiger partial charge is 0.356 e. The molecule has 5 nitrogen and oxygen atoms in total. The minimum atomic E-state index is -4.44. The van der Waals surface area contributed by atoms with Crippen LogP contribution in [0.1, 0.15) is 35.8 Å². The Morgan fingerprint density at radius 3 is 2.79 bits per heavy atom. The highest BCUT2D eigenvalue weighted by Crippen LogP contribution is 2.32. The van der Waals surface area contributed by atoms with Crippen molar-refractivity contribution in [3.8, 4) is 0 Å². The first-order valence-electron chi connectivity index (χ1n) is 9.20. The van der Waals surface area contributed by atoms with Crippen LogP contribution in [0.3, 0.4) is 0 Å². The summed E-state index contributed by atoms with van der Waals surface area (Å²) in [5.41, 5.74) is 0.221. The van der Waals surface area contributed by atoms with Crippen molar-refractivity contribution in [2.24, 2.45) is 0 Å². The van der Waals surface area contributed by atoms with Gasteiger partial charge in [0.05, 0.1) is 6.54 Å². The molecule has 4 heterocycles. The van der Waals surface area contributed by atoms with E-state index < -0.39 is 11.9 Å². The average molecular weight is 387 g/mol. The van der Waals surface area contributed by atoms with Crippen LogP contribution in [-0.4, -0.2) is 32.6 Å². The van der Waals surface area contributed by atoms with Gasteiger partial charge in [-0.3, -0.25) is 4.98 Å². The van der Waals surface area contributed by atoms with Crippen molar-refractivity contribution < 1.29 is 13.2 Å². The predicted molar refractivity (Wildman–Crippen MR) is 99.0 cm³/mol. The van der Waals surface area contributed by atoms with Crippen LogP contribution in [0.4, 0.5) is 19.0 Å². The van der Waals surface area contributed by atoms with Gasteiger partial charge in [0.1, 0.15) is 17.3 Å². The van der Waals surface area contributed by atoms with Crippen LogP contribution in [0, 0.1) is 0 Å². The number of pyridine rings is 2. The Kier molecular flexibility index (Phi) is 5.02. The van der Waals surface area contributed by atoms with E-state index in [9.17, 15) is 13.2 Å². The second-order valence-corrected chi connectivity index (χ2v) is 6.94. The molecule has 1 saturated heterocycles. The Labute approximate surface area is 160 Å². The van der Waals surface area contributed by atoms with E-state index in [-0.39, 0.29) is 5.92 Å². The Hall–Kier alpha value is -2.90. The van der Waals surface area contributed by atoms with E-state index in [4.69, 9.17) is 0 Å². The number of rotatable bonds is 4. The molecule has 28 heavy (non-hydrogen) atoms. The fourth-order valence-corrected chi connectivity index (χ4v) is 3.66. The average Bonchev–Trinajstić information content (AvgIpc) is 3.16. The predicted octanol–water partition coefficient (Wildman–Crippen LogP) is 4.12. The van der Waals surface area contributed by atoms with E-state index in [0.717, 1.165) is 30.3 Å². The monoisotopic (exact) mass is 387 g/mol. The standard InChI is InChI=1S/C20H20F3N5/c21-20(22,23)17-6-1-7-18(26-17)27-10-3-5-16(14-27)19-25-9-11-28(19)13-15-4-2-8-24-12-15/h1-2,4,6-9,11-12,16H,3,5,10,13-14H2. The SMILES string of the molecule is FC(F)(F)c1cccc(N2CCCC(c3nccn3Cc3cccnc3)C2)n1. The summed E-state index contributed by atoms with van der Waals surface area (Å²) in [7, 11) is 0. The molecule has 0 aliphatic carbocycles. The summed E-state index contributed by atoms with van der Waals surface area (Å²) in [6, 6.07) is 7.97. The molecule has 0 radical (unpaired) electrons. The van der Waals surface area contributed by atoms with E-state index in [1.54, 1.807) is 18.5 Å². The maximum absolute atomic E-state index is 13.0. The molecule has 0 N–H and O–H groups in total. The molecule has 1 fully saturated rings. The van der Waals surface area contributed by atoms with Gasteiger partial charge in [0.2, 0.25) is 0 Å². The molecule has 0 bridgehead atoms. The Morgan fingerprint density at radius 2 is 2.00 bits per heavy atom. The summed E-state index contributed by atoms with van der Waals surface area (Å²) in [5.74, 6) is 1.45. The van der Waals surface area contributed by atoms with Crippen molar-refractivity contribution in [1.82, 2.24) is 19.5 Å². The van der Waals surface area contributed by atoms with Crippen LogP contribution in [0.15, 0.2) is 55.1 Å². The fraction of sp³-hybridized carbons (Fsp3) is 0.350. The number of hydrogen-bond donors (Lipinski definition) is 0. The zero-order chi connectivity index (χ0) is 19.6. The molecular weight excluding hydrogens is 367 g/mol. The van der Waals surface area contributed by atoms with Gasteiger partial charge in [-0.2, -0.15) is 13.2 Å². The molecule has 0 spiro atoms. The molecular formula is C20H20F3N5. The van der Waals surface area contributed by atoms with Crippen molar-refractivity contribution in [3.63, 3.8) is 0 Å². The molecule has 3 aromatic rings. The van der Waals surface area contributed by atoms with Gasteiger partial charge in [-0.05, 0) is 36.6 Å². The highest BCUT2D eigenvalue weighted by Gasteiger charge is 2.33. The molecule has 0 aromatic carbocycles. The van der Waals surface area contributed by atoms with Crippen molar-refractivity contribution in [2.75, 3.05) is 18.0 Å². The van der Waals surface area contributed by atoms with Gasteiger partial charge in [0.25, 0.3) is 0 Å². The van der Waals surface area contributed by atoms with Crippen LogP contribution < -0.4 is 4.90 Å². The molecule has 8 heteroatoms. The van der Waals surface area contributed by atoms with E-state index in [1.807, 2.05) is 29.4 Å². The van der Waals surface area contributed by atoms with Crippen LogP contribution in [0.25, 0.3) is 0 Å². The van der Waals surface area contributed by atoms with Crippen LogP contribution >= 0.6 is 0 Å². The maximum Gasteiger partial charge on any atom is 0.433 e. The van der Waals surface area contributed by atoms with Crippen molar-refractivity contribution >= 4 is 5.82 Å². The molecule has 3 aromatic heterocycles. The summed E-state index contributed by atoms with van der Waals surface area (Å²) in [6.07, 6.45) is 4.65. The third-order valence-corrected chi connectivity index (χ3v) is 4.96. The lowest BCUT2D eigenvalue weighted by atomic mass is 9.97. The van der Waals surface area contributed by atoms with Crippen molar-refractivity contribution in [3.05, 3.63) is 72.2 Å². The molecule has 1 atom stereocenters. The molecule has 0 saturated carbocycles. The third kappa shape index (κ3) is 4.00. The maximum atomic E-state index is 13.0. The van der Waals surface area contributed by atoms with Gasteiger partial charge in [-0.15, -0.1) is 0 Å². The number of imidazole rings is 1. The molecule has 4 rings (SSSR count). The van der Waals surface area contributed by atoms with Gasteiger partial charge < -0.3 is 9.47 Å². The minimum Gasteiger partial charge on any atom is -0.356 e. The lowest BCUT2D eigenvalue weighted by Gasteiger charge is -2.33. The number of aromatic nitrogens is 4. The number of halogens is 3. The summed E-state index contributed by atoms with van der Waals surface area (Å²) < 4.78 is 41.1. The zero-order valence-electron chi connectivity index (χ0n) is 15.2. The normalized spacial score (nSPS) is 17.7. The number of nitrogens with zero attached hydrogens (tertiary/aromatic N) is 5. The first-order valence-corrected chi connectivity index (χ1v) is 9.20. The van der Waals surface area contributed by atoms with E-state index in [1.165, 1.54) is 6.07 Å². The number of anilines is 1. The lowest BCUT2D eigenvalue weighted by Crippen LogP contribution is -2.36. The van der Waals surface area contributed by atoms with Crippen molar-refractivity contribution in [2.45, 2.75) is 31.5 Å². The van der Waals surface area contributed by atoms with Crippen LogP contribution in [-0.2, 0) is 12.7 Å².